The number of carbonyl (C=O) groups excluding carboxylic acids is 1. The van der Waals surface area contributed by atoms with Crippen LogP contribution < -0.4 is 4.90 Å². The van der Waals surface area contributed by atoms with Crippen LogP contribution in [0.25, 0.3) is 10.9 Å². The van der Waals surface area contributed by atoms with Gasteiger partial charge in [0, 0.05) is 33.6 Å². The average molecular weight is 496 g/mol. The van der Waals surface area contributed by atoms with Crippen LogP contribution in [0.1, 0.15) is 21.6 Å². The number of carboxylic acids is 1. The van der Waals surface area contributed by atoms with Crippen LogP contribution in [0.5, 0.6) is 0 Å². The molecule has 0 saturated heterocycles. The topological polar surface area (TPSA) is 75.4 Å². The fraction of sp³-hybridized carbons (Fsp3) is 0.160. The number of amides is 1. The van der Waals surface area contributed by atoms with Crippen LogP contribution in [0.15, 0.2) is 64.6 Å². The maximum Gasteiger partial charge on any atom is 0.335 e. The molecule has 1 aliphatic rings. The van der Waals surface area contributed by atoms with Gasteiger partial charge in [-0.05, 0) is 55.3 Å². The van der Waals surface area contributed by atoms with Crippen molar-refractivity contribution in [2.45, 2.75) is 29.7 Å². The molecule has 6 nitrogen and oxygen atoms in total. The zero-order valence-electron chi connectivity index (χ0n) is 18.1. The Balaban J connectivity index is 1.57. The third kappa shape index (κ3) is 3.82. The number of fused-ring (bicyclic) bond motifs is 2. The van der Waals surface area contributed by atoms with E-state index >= 15 is 4.39 Å². The number of aromatic carboxylic acids is 1. The van der Waals surface area contributed by atoms with E-state index in [2.05, 4.69) is 4.98 Å². The number of benzene rings is 2. The van der Waals surface area contributed by atoms with Crippen molar-refractivity contribution >= 4 is 51.8 Å². The lowest BCUT2D eigenvalue weighted by Crippen LogP contribution is -2.32. The van der Waals surface area contributed by atoms with E-state index in [0.29, 0.717) is 22.5 Å². The lowest BCUT2D eigenvalue weighted by Gasteiger charge is -2.18. The molecule has 0 saturated carbocycles. The van der Waals surface area contributed by atoms with Gasteiger partial charge in [0.25, 0.3) is 0 Å². The highest BCUT2D eigenvalue weighted by molar-refractivity contribution is 7.99. The Morgan fingerprint density at radius 1 is 1.24 bits per heavy atom. The van der Waals surface area contributed by atoms with Gasteiger partial charge >= 0.3 is 5.97 Å². The second-order valence-corrected chi connectivity index (χ2v) is 9.48. The molecule has 3 heterocycles. The minimum atomic E-state index is -1.02. The summed E-state index contributed by atoms with van der Waals surface area (Å²) in [7, 11) is 0. The van der Waals surface area contributed by atoms with Gasteiger partial charge in [0.15, 0.2) is 5.82 Å². The summed E-state index contributed by atoms with van der Waals surface area (Å²) in [6.07, 6.45) is 4.13. The van der Waals surface area contributed by atoms with Gasteiger partial charge in [-0.25, -0.2) is 9.18 Å². The fourth-order valence-electron chi connectivity index (χ4n) is 4.31. The summed E-state index contributed by atoms with van der Waals surface area (Å²) in [6.45, 7) is 2.30. The normalized spacial score (nSPS) is 12.9. The molecular formula is C25H19ClFN3O3S. The standard InChI is InChI=1S/C25H19ClFN3O3S/c1-14-24(34-17-4-2-3-16(11-17)25(32)33)18-5-6-19(26)22(27)23(18)30(14)13-21(31)29-10-8-15-7-9-28-12-20(15)29/h2-7,9,11-12H,8,10,13H2,1H3,(H,32,33). The number of hydrogen-bond acceptors (Lipinski definition) is 4. The molecule has 34 heavy (non-hydrogen) atoms. The number of rotatable bonds is 5. The van der Waals surface area contributed by atoms with Crippen molar-refractivity contribution in [3.8, 4) is 0 Å². The summed E-state index contributed by atoms with van der Waals surface area (Å²) in [5, 5.41) is 9.90. The molecule has 2 aromatic heterocycles. The number of anilines is 1. The second-order valence-electron chi connectivity index (χ2n) is 7.99. The summed E-state index contributed by atoms with van der Waals surface area (Å²) in [5.74, 6) is -1.79. The van der Waals surface area contributed by atoms with Crippen LogP contribution in [-0.4, -0.2) is 33.1 Å². The number of nitrogens with zero attached hydrogens (tertiary/aromatic N) is 3. The van der Waals surface area contributed by atoms with Crippen LogP contribution >= 0.6 is 23.4 Å². The number of hydrogen-bond donors (Lipinski definition) is 1. The van der Waals surface area contributed by atoms with Gasteiger partial charge in [-0.1, -0.05) is 29.4 Å². The smallest absolute Gasteiger partial charge is 0.335 e. The average Bonchev–Trinajstić information content (AvgIpc) is 3.37. The number of carboxylic acid groups (broad SMARTS) is 1. The molecule has 0 fully saturated rings. The lowest BCUT2D eigenvalue weighted by atomic mass is 10.2. The molecule has 9 heteroatoms. The van der Waals surface area contributed by atoms with Crippen molar-refractivity contribution in [3.05, 3.63) is 82.5 Å². The monoisotopic (exact) mass is 495 g/mol. The van der Waals surface area contributed by atoms with Crippen LogP contribution in [0, 0.1) is 12.7 Å². The molecule has 0 radical (unpaired) electrons. The first kappa shape index (κ1) is 22.4. The Labute approximate surface area is 204 Å². The summed E-state index contributed by atoms with van der Waals surface area (Å²) >= 11 is 7.43. The molecule has 1 amide bonds. The van der Waals surface area contributed by atoms with Gasteiger partial charge in [-0.15, -0.1) is 0 Å². The summed E-state index contributed by atoms with van der Waals surface area (Å²) < 4.78 is 16.9. The van der Waals surface area contributed by atoms with E-state index in [-0.39, 0.29) is 28.6 Å². The molecule has 0 aliphatic carbocycles. The molecule has 0 atom stereocenters. The molecule has 5 rings (SSSR count). The zero-order valence-corrected chi connectivity index (χ0v) is 19.7. The fourth-order valence-corrected chi connectivity index (χ4v) is 5.56. The van der Waals surface area contributed by atoms with E-state index in [0.717, 1.165) is 22.6 Å². The Hall–Kier alpha value is -3.36. The van der Waals surface area contributed by atoms with Gasteiger partial charge in [0.05, 0.1) is 28.0 Å². The van der Waals surface area contributed by atoms with E-state index in [1.165, 1.54) is 23.9 Å². The maximum absolute atomic E-state index is 15.3. The summed E-state index contributed by atoms with van der Waals surface area (Å²) in [4.78, 5) is 31.9. The summed E-state index contributed by atoms with van der Waals surface area (Å²) in [6, 6.07) is 11.7. The van der Waals surface area contributed by atoms with Crippen LogP contribution in [0.3, 0.4) is 0 Å². The predicted molar refractivity (Wildman–Crippen MR) is 129 cm³/mol. The van der Waals surface area contributed by atoms with E-state index in [1.807, 2.05) is 13.0 Å². The van der Waals surface area contributed by atoms with Gasteiger partial charge in [0.1, 0.15) is 6.54 Å². The van der Waals surface area contributed by atoms with Crippen molar-refractivity contribution in [2.75, 3.05) is 11.4 Å². The third-order valence-electron chi connectivity index (χ3n) is 6.00. The van der Waals surface area contributed by atoms with E-state index < -0.39 is 11.8 Å². The van der Waals surface area contributed by atoms with Crippen molar-refractivity contribution in [3.63, 3.8) is 0 Å². The van der Waals surface area contributed by atoms with E-state index in [9.17, 15) is 14.7 Å². The molecule has 0 spiro atoms. The first-order valence-corrected chi connectivity index (χ1v) is 11.8. The first-order chi connectivity index (χ1) is 16.3. The lowest BCUT2D eigenvalue weighted by molar-refractivity contribution is -0.119. The minimum Gasteiger partial charge on any atom is -0.478 e. The van der Waals surface area contributed by atoms with Crippen molar-refractivity contribution < 1.29 is 19.1 Å². The van der Waals surface area contributed by atoms with Gasteiger partial charge in [0.2, 0.25) is 5.91 Å². The van der Waals surface area contributed by atoms with Gasteiger partial charge in [-0.2, -0.15) is 0 Å². The molecule has 4 aromatic rings. The Morgan fingerprint density at radius 3 is 2.85 bits per heavy atom. The van der Waals surface area contributed by atoms with E-state index in [1.54, 1.807) is 46.1 Å². The molecule has 172 valence electrons. The Morgan fingerprint density at radius 2 is 2.06 bits per heavy atom. The number of pyridine rings is 1. The molecule has 1 aliphatic heterocycles. The number of carbonyl (C=O) groups is 2. The molecule has 1 N–H and O–H groups in total. The van der Waals surface area contributed by atoms with Gasteiger partial charge in [-0.3, -0.25) is 9.78 Å². The Kier molecular flexibility index (Phi) is 5.79. The van der Waals surface area contributed by atoms with Crippen LogP contribution in [0.4, 0.5) is 10.1 Å². The van der Waals surface area contributed by atoms with Crippen molar-refractivity contribution in [1.82, 2.24) is 9.55 Å². The molecule has 0 unspecified atom stereocenters. The summed E-state index contributed by atoms with van der Waals surface area (Å²) in [5.41, 5.74) is 2.94. The highest BCUT2D eigenvalue weighted by Gasteiger charge is 2.27. The predicted octanol–water partition coefficient (Wildman–Crippen LogP) is 5.58. The Bertz CT molecular complexity index is 1470. The number of halogens is 2. The minimum absolute atomic E-state index is 0.0289. The SMILES string of the molecule is Cc1c(Sc2cccc(C(=O)O)c2)c2ccc(Cl)c(F)c2n1CC(=O)N1CCc2ccncc21. The maximum atomic E-state index is 15.3. The van der Waals surface area contributed by atoms with Crippen molar-refractivity contribution in [2.24, 2.45) is 0 Å². The first-order valence-electron chi connectivity index (χ1n) is 10.6. The zero-order chi connectivity index (χ0) is 24.0. The molecule has 2 aromatic carbocycles. The van der Waals surface area contributed by atoms with E-state index in [4.69, 9.17) is 11.6 Å². The highest BCUT2D eigenvalue weighted by atomic mass is 35.5. The molecular weight excluding hydrogens is 477 g/mol. The number of aromatic nitrogens is 2. The largest absolute Gasteiger partial charge is 0.478 e. The highest BCUT2D eigenvalue weighted by Crippen LogP contribution is 2.41. The second kappa shape index (κ2) is 8.77. The van der Waals surface area contributed by atoms with Crippen LogP contribution in [-0.2, 0) is 17.8 Å². The van der Waals surface area contributed by atoms with Crippen LogP contribution in [0.2, 0.25) is 5.02 Å². The van der Waals surface area contributed by atoms with Gasteiger partial charge < -0.3 is 14.6 Å². The third-order valence-corrected chi connectivity index (χ3v) is 7.50. The quantitative estimate of drug-likeness (QED) is 0.391. The van der Waals surface area contributed by atoms with Crippen molar-refractivity contribution in [1.29, 1.82) is 0 Å². The molecule has 0 bridgehead atoms.